The second-order valence-electron chi connectivity index (χ2n) is 12.9. The van der Waals surface area contributed by atoms with E-state index < -0.39 is 0 Å². The number of furan rings is 1. The maximum atomic E-state index is 6.20. The third kappa shape index (κ3) is 3.66. The van der Waals surface area contributed by atoms with Gasteiger partial charge in [-0.2, -0.15) is 0 Å². The van der Waals surface area contributed by atoms with Crippen LogP contribution in [-0.2, 0) is 6.42 Å². The Morgan fingerprint density at radius 1 is 0.609 bits per heavy atom. The third-order valence-electron chi connectivity index (χ3n) is 10.2. The normalized spacial score (nSPS) is 15.7. The first kappa shape index (κ1) is 25.8. The van der Waals surface area contributed by atoms with Crippen LogP contribution in [0, 0.1) is 0 Å². The summed E-state index contributed by atoms with van der Waals surface area (Å²) in [6.07, 6.45) is 12.2. The van der Waals surface area contributed by atoms with Crippen LogP contribution in [-0.4, -0.2) is 9.13 Å². The van der Waals surface area contributed by atoms with Crippen molar-refractivity contribution in [2.75, 3.05) is 0 Å². The lowest BCUT2D eigenvalue weighted by Gasteiger charge is -2.17. The van der Waals surface area contributed by atoms with Gasteiger partial charge in [-0.05, 0) is 96.1 Å². The van der Waals surface area contributed by atoms with Crippen molar-refractivity contribution in [3.63, 3.8) is 0 Å². The molecule has 0 saturated heterocycles. The third-order valence-corrected chi connectivity index (χ3v) is 10.2. The summed E-state index contributed by atoms with van der Waals surface area (Å²) in [4.78, 5) is 0. The highest BCUT2D eigenvalue weighted by atomic mass is 16.3. The van der Waals surface area contributed by atoms with E-state index in [4.69, 9.17) is 4.42 Å². The Hall–Kier alpha value is -5.54. The zero-order valence-corrected chi connectivity index (χ0v) is 25.7. The summed E-state index contributed by atoms with van der Waals surface area (Å²) in [5, 5.41) is 5.07. The molecule has 0 fully saturated rings. The predicted molar refractivity (Wildman–Crippen MR) is 192 cm³/mol. The molecule has 3 nitrogen and oxygen atoms in total. The number of rotatable bonds is 3. The van der Waals surface area contributed by atoms with Gasteiger partial charge < -0.3 is 13.6 Å². The molecule has 0 spiro atoms. The van der Waals surface area contributed by atoms with Crippen LogP contribution >= 0.6 is 0 Å². The summed E-state index contributed by atoms with van der Waals surface area (Å²) in [5.74, 6) is 1.60. The maximum Gasteiger partial charge on any atom is 0.134 e. The Morgan fingerprint density at radius 3 is 2.20 bits per heavy atom. The van der Waals surface area contributed by atoms with Gasteiger partial charge in [0.05, 0.1) is 16.6 Å². The molecule has 8 aromatic rings. The van der Waals surface area contributed by atoms with Gasteiger partial charge in [0.15, 0.2) is 0 Å². The van der Waals surface area contributed by atoms with Crippen molar-refractivity contribution in [2.45, 2.75) is 32.1 Å². The number of benzene rings is 5. The molecular formula is C43H32N2O. The Kier molecular flexibility index (Phi) is 5.45. The van der Waals surface area contributed by atoms with Gasteiger partial charge in [0, 0.05) is 50.6 Å². The van der Waals surface area contributed by atoms with Gasteiger partial charge in [-0.1, -0.05) is 79.7 Å². The number of para-hydroxylation sites is 2. The van der Waals surface area contributed by atoms with Gasteiger partial charge in [0.25, 0.3) is 0 Å². The fourth-order valence-electron chi connectivity index (χ4n) is 8.08. The Bertz CT molecular complexity index is 2580. The molecule has 0 amide bonds. The van der Waals surface area contributed by atoms with E-state index in [1.165, 1.54) is 71.7 Å². The van der Waals surface area contributed by atoms with E-state index >= 15 is 0 Å². The van der Waals surface area contributed by atoms with Crippen LogP contribution < -0.4 is 0 Å². The monoisotopic (exact) mass is 592 g/mol. The lowest BCUT2D eigenvalue weighted by Crippen LogP contribution is -2.04. The fourth-order valence-corrected chi connectivity index (χ4v) is 8.08. The van der Waals surface area contributed by atoms with Crippen LogP contribution in [0.25, 0.3) is 78.3 Å². The molecule has 0 aliphatic heterocycles. The highest BCUT2D eigenvalue weighted by molar-refractivity contribution is 6.10. The van der Waals surface area contributed by atoms with E-state index in [0.717, 1.165) is 36.3 Å². The van der Waals surface area contributed by atoms with Crippen LogP contribution in [0.15, 0.2) is 126 Å². The van der Waals surface area contributed by atoms with Crippen LogP contribution in [0.2, 0.25) is 0 Å². The van der Waals surface area contributed by atoms with E-state index in [9.17, 15) is 0 Å². The molecule has 3 heterocycles. The van der Waals surface area contributed by atoms with Gasteiger partial charge in [-0.25, -0.2) is 0 Å². The zero-order chi connectivity index (χ0) is 30.4. The molecule has 3 aromatic heterocycles. The van der Waals surface area contributed by atoms with Gasteiger partial charge >= 0.3 is 0 Å². The van der Waals surface area contributed by atoms with E-state index in [-0.39, 0.29) is 0 Å². The summed E-state index contributed by atoms with van der Waals surface area (Å²) in [6, 6.07) is 40.3. The summed E-state index contributed by atoms with van der Waals surface area (Å²) in [7, 11) is 0. The fraction of sp³-hybridized carbons (Fsp3) is 0.116. The summed E-state index contributed by atoms with van der Waals surface area (Å²) in [6.45, 7) is 2.35. The largest absolute Gasteiger partial charge is 0.460 e. The molecule has 0 saturated carbocycles. The van der Waals surface area contributed by atoms with Crippen LogP contribution in [0.4, 0.5) is 0 Å². The molecule has 0 N–H and O–H groups in total. The van der Waals surface area contributed by atoms with Crippen LogP contribution in [0.3, 0.4) is 0 Å². The van der Waals surface area contributed by atoms with E-state index in [1.54, 1.807) is 0 Å². The van der Waals surface area contributed by atoms with Crippen molar-refractivity contribution < 1.29 is 4.42 Å². The molecule has 1 atom stereocenters. The predicted octanol–water partition coefficient (Wildman–Crippen LogP) is 11.6. The van der Waals surface area contributed by atoms with Crippen molar-refractivity contribution in [2.24, 2.45) is 0 Å². The number of hydrogen-bond donors (Lipinski definition) is 0. The summed E-state index contributed by atoms with van der Waals surface area (Å²) >= 11 is 0. The number of fused-ring (bicyclic) bond motifs is 9. The second kappa shape index (κ2) is 9.73. The second-order valence-corrected chi connectivity index (χ2v) is 12.9. The molecule has 46 heavy (non-hydrogen) atoms. The van der Waals surface area contributed by atoms with E-state index in [2.05, 4.69) is 150 Å². The molecule has 0 radical (unpaired) electrons. The Morgan fingerprint density at radius 2 is 1.33 bits per heavy atom. The molecule has 5 aromatic carbocycles. The standard InChI is InChI=1S/C43H32N2O/c1-27-10-8-18-40-43(27)34-15-3-6-17-38(34)45(40)31-12-9-11-30(26-31)44-37-16-5-2-13-32(37)35-24-28(20-22-39(35)44)29-21-23-42-36(25-29)33-14-4-7-19-41(33)46-42/h2-6,8-9,11-18,20-27H,7,10,19H2,1H3. The maximum absolute atomic E-state index is 6.20. The first-order valence-electron chi connectivity index (χ1n) is 16.4. The molecule has 0 bridgehead atoms. The van der Waals surface area contributed by atoms with E-state index in [0.29, 0.717) is 5.92 Å². The molecule has 220 valence electrons. The first-order valence-corrected chi connectivity index (χ1v) is 16.4. The average molecular weight is 593 g/mol. The average Bonchev–Trinajstić information content (AvgIpc) is 3.76. The topological polar surface area (TPSA) is 23.0 Å². The number of hydrogen-bond acceptors (Lipinski definition) is 1. The Labute approximate surface area is 267 Å². The highest BCUT2D eigenvalue weighted by Gasteiger charge is 2.23. The van der Waals surface area contributed by atoms with Gasteiger partial charge in [0.1, 0.15) is 11.3 Å². The minimum Gasteiger partial charge on any atom is -0.460 e. The minimum absolute atomic E-state index is 0.497. The lowest BCUT2D eigenvalue weighted by molar-refractivity contribution is 0.546. The van der Waals surface area contributed by atoms with Gasteiger partial charge in [-0.3, -0.25) is 0 Å². The lowest BCUT2D eigenvalue weighted by atomic mass is 9.91. The number of allylic oxidation sites excluding steroid dienone is 2. The molecule has 1 unspecified atom stereocenters. The van der Waals surface area contributed by atoms with Gasteiger partial charge in [-0.15, -0.1) is 0 Å². The highest BCUT2D eigenvalue weighted by Crippen LogP contribution is 2.41. The first-order chi connectivity index (χ1) is 22.7. The summed E-state index contributed by atoms with van der Waals surface area (Å²) < 4.78 is 11.1. The molecular weight excluding hydrogens is 560 g/mol. The molecule has 2 aliphatic rings. The van der Waals surface area contributed by atoms with Crippen molar-refractivity contribution in [3.05, 3.63) is 144 Å². The van der Waals surface area contributed by atoms with Gasteiger partial charge in [0.2, 0.25) is 0 Å². The molecule has 3 heteroatoms. The minimum atomic E-state index is 0.497. The zero-order valence-electron chi connectivity index (χ0n) is 25.7. The van der Waals surface area contributed by atoms with Crippen molar-refractivity contribution in [3.8, 4) is 22.5 Å². The van der Waals surface area contributed by atoms with Crippen molar-refractivity contribution in [1.29, 1.82) is 0 Å². The summed E-state index contributed by atoms with van der Waals surface area (Å²) in [5.41, 5.74) is 13.4. The molecule has 10 rings (SSSR count). The number of aryl methyl sites for hydroxylation is 1. The SMILES string of the molecule is CC1CC=Cc2c1c1ccccc1n2-c1cccc(-n2c3ccccc3c3cc(-c4ccc5oc6c(c5c4)C=CCC6)ccc32)c1. The van der Waals surface area contributed by atoms with Crippen LogP contribution in [0.1, 0.15) is 48.3 Å². The molecule has 2 aliphatic carbocycles. The van der Waals surface area contributed by atoms with Crippen molar-refractivity contribution >= 4 is 55.8 Å². The van der Waals surface area contributed by atoms with Crippen molar-refractivity contribution in [1.82, 2.24) is 9.13 Å². The smallest absolute Gasteiger partial charge is 0.134 e. The van der Waals surface area contributed by atoms with Crippen LogP contribution in [0.5, 0.6) is 0 Å². The van der Waals surface area contributed by atoms with E-state index in [1.807, 2.05) is 0 Å². The number of nitrogens with zero attached hydrogens (tertiary/aromatic N) is 2. The quantitative estimate of drug-likeness (QED) is 0.200. The Balaban J connectivity index is 1.15. The number of aromatic nitrogens is 2.